The molecule has 122 valence electrons. The van der Waals surface area contributed by atoms with Gasteiger partial charge in [-0.25, -0.2) is 0 Å². The van der Waals surface area contributed by atoms with Gasteiger partial charge in [-0.1, -0.05) is 34.8 Å². The lowest BCUT2D eigenvalue weighted by Crippen LogP contribution is -2.12. The van der Waals surface area contributed by atoms with Gasteiger partial charge in [0.1, 0.15) is 0 Å². The van der Waals surface area contributed by atoms with Crippen molar-refractivity contribution in [1.29, 1.82) is 0 Å². The van der Waals surface area contributed by atoms with Crippen molar-refractivity contribution in [2.24, 2.45) is 12.0 Å². The van der Waals surface area contributed by atoms with Crippen LogP contribution in [0.5, 0.6) is 0 Å². The fourth-order valence-corrected chi connectivity index (χ4v) is 4.15. The molecule has 0 spiro atoms. The average molecular weight is 359 g/mol. The van der Waals surface area contributed by atoms with Crippen LogP contribution in [0, 0.1) is 17.0 Å². The van der Waals surface area contributed by atoms with E-state index in [1.54, 1.807) is 12.1 Å². The molecule has 3 rings (SSSR count). The zero-order chi connectivity index (χ0) is 17.3. The molecule has 24 heavy (non-hydrogen) atoms. The van der Waals surface area contributed by atoms with Crippen LogP contribution in [0.3, 0.4) is 0 Å². The maximum atomic E-state index is 12.1. The average Bonchev–Trinajstić information content (AvgIpc) is 3.12. The summed E-state index contributed by atoms with van der Waals surface area (Å²) in [6.45, 7) is 2.02. The zero-order valence-electron chi connectivity index (χ0n) is 12.9. The Kier molecular flexibility index (Phi) is 4.41. The molecule has 0 saturated heterocycles. The molecule has 0 atom stereocenters. The Labute approximate surface area is 145 Å². The summed E-state index contributed by atoms with van der Waals surface area (Å²) in [7, 11) is 1.88. The van der Waals surface area contributed by atoms with E-state index in [1.165, 1.54) is 23.5 Å². The summed E-state index contributed by atoms with van der Waals surface area (Å²) in [5.74, 6) is -0.397. The molecule has 0 radical (unpaired) electrons. The summed E-state index contributed by atoms with van der Waals surface area (Å²) in [5.41, 5.74) is 2.19. The third kappa shape index (κ3) is 3.19. The van der Waals surface area contributed by atoms with Crippen molar-refractivity contribution in [2.45, 2.75) is 6.92 Å². The van der Waals surface area contributed by atoms with E-state index in [4.69, 9.17) is 0 Å². The molecule has 0 aliphatic carbocycles. The van der Waals surface area contributed by atoms with Crippen LogP contribution in [0.2, 0.25) is 0 Å². The Morgan fingerprint density at radius 1 is 1.29 bits per heavy atom. The molecule has 8 heteroatoms. The number of aromatic nitrogens is 1. The molecule has 1 amide bonds. The minimum atomic E-state index is -0.451. The number of carbonyl (C=O) groups excluding carboxylic acids is 1. The Morgan fingerprint density at radius 3 is 2.75 bits per heavy atom. The molecule has 0 saturated carbocycles. The minimum Gasteiger partial charge on any atom is -0.319 e. The number of benzene rings is 1. The lowest BCUT2D eigenvalue weighted by molar-refractivity contribution is -0.380. The standard InChI is InChI=1S/C16H13N3O3S2/c1-10-4-3-5-12-15(10)18(2)16(24-12)17-13(20)8-6-11-7-9-14(23-11)19(21)22/h3-9H,1-2H3. The quantitative estimate of drug-likeness (QED) is 0.407. The number of thiophene rings is 1. The third-order valence-electron chi connectivity index (χ3n) is 3.41. The van der Waals surface area contributed by atoms with Gasteiger partial charge in [-0.2, -0.15) is 4.99 Å². The Bertz CT molecular complexity index is 1040. The zero-order valence-corrected chi connectivity index (χ0v) is 14.6. The highest BCUT2D eigenvalue weighted by Crippen LogP contribution is 2.24. The number of nitrogens with zero attached hydrogens (tertiary/aromatic N) is 3. The number of aryl methyl sites for hydroxylation is 2. The number of hydrogen-bond acceptors (Lipinski definition) is 5. The summed E-state index contributed by atoms with van der Waals surface area (Å²) in [4.78, 5) is 27.6. The second-order valence-electron chi connectivity index (χ2n) is 5.08. The van der Waals surface area contributed by atoms with E-state index in [0.29, 0.717) is 9.68 Å². The highest BCUT2D eigenvalue weighted by Gasteiger charge is 2.08. The number of nitro groups is 1. The SMILES string of the molecule is Cc1cccc2sc(=NC(=O)C=Cc3ccc([N+](=O)[O-])s3)n(C)c12. The van der Waals surface area contributed by atoms with Gasteiger partial charge >= 0.3 is 5.00 Å². The highest BCUT2D eigenvalue weighted by molar-refractivity contribution is 7.16. The van der Waals surface area contributed by atoms with Gasteiger partial charge < -0.3 is 4.57 Å². The first kappa shape index (κ1) is 16.3. The molecule has 0 aliphatic rings. The van der Waals surface area contributed by atoms with Crippen LogP contribution in [-0.4, -0.2) is 15.4 Å². The predicted molar refractivity (Wildman–Crippen MR) is 96.1 cm³/mol. The highest BCUT2D eigenvalue weighted by atomic mass is 32.1. The third-order valence-corrected chi connectivity index (χ3v) is 5.51. The first-order valence-corrected chi connectivity index (χ1v) is 8.65. The van der Waals surface area contributed by atoms with Crippen LogP contribution in [0.25, 0.3) is 16.3 Å². The smallest absolute Gasteiger partial charge is 0.319 e. The van der Waals surface area contributed by atoms with E-state index in [2.05, 4.69) is 4.99 Å². The topological polar surface area (TPSA) is 77.5 Å². The molecule has 0 N–H and O–H groups in total. The maximum Gasteiger partial charge on any atom is 0.324 e. The Morgan fingerprint density at radius 2 is 2.08 bits per heavy atom. The molecule has 0 unspecified atom stereocenters. The van der Waals surface area contributed by atoms with Crippen molar-refractivity contribution >= 4 is 49.9 Å². The van der Waals surface area contributed by atoms with Gasteiger partial charge in [0.25, 0.3) is 5.91 Å². The number of fused-ring (bicyclic) bond motifs is 1. The lowest BCUT2D eigenvalue weighted by Gasteiger charge is -1.98. The van der Waals surface area contributed by atoms with Gasteiger partial charge in [-0.15, -0.1) is 0 Å². The van der Waals surface area contributed by atoms with Crippen LogP contribution in [0.1, 0.15) is 10.4 Å². The van der Waals surface area contributed by atoms with E-state index in [1.807, 2.05) is 36.7 Å². The van der Waals surface area contributed by atoms with Gasteiger partial charge in [0.2, 0.25) is 0 Å². The van der Waals surface area contributed by atoms with Crippen molar-refractivity contribution in [3.05, 3.63) is 61.8 Å². The van der Waals surface area contributed by atoms with Gasteiger partial charge in [-0.05, 0) is 30.7 Å². The van der Waals surface area contributed by atoms with Crippen LogP contribution in [0.4, 0.5) is 5.00 Å². The van der Waals surface area contributed by atoms with Crippen molar-refractivity contribution in [1.82, 2.24) is 4.57 Å². The van der Waals surface area contributed by atoms with E-state index >= 15 is 0 Å². The molecule has 0 bridgehead atoms. The number of thiazole rings is 1. The summed E-state index contributed by atoms with van der Waals surface area (Å²) in [6.07, 6.45) is 2.87. The van der Waals surface area contributed by atoms with E-state index in [0.717, 1.165) is 27.1 Å². The number of amides is 1. The molecular weight excluding hydrogens is 346 g/mol. The largest absolute Gasteiger partial charge is 0.324 e. The summed E-state index contributed by atoms with van der Waals surface area (Å²) in [5, 5.41) is 10.7. The predicted octanol–water partition coefficient (Wildman–Crippen LogP) is 3.66. The molecule has 1 aromatic carbocycles. The molecule has 3 aromatic rings. The van der Waals surface area contributed by atoms with Gasteiger partial charge in [0.15, 0.2) is 4.80 Å². The second-order valence-corrected chi connectivity index (χ2v) is 7.18. The number of hydrogen-bond donors (Lipinski definition) is 0. The normalized spacial score (nSPS) is 12.3. The van der Waals surface area contributed by atoms with Crippen molar-refractivity contribution in [2.75, 3.05) is 0 Å². The van der Waals surface area contributed by atoms with E-state index in [9.17, 15) is 14.9 Å². The summed E-state index contributed by atoms with van der Waals surface area (Å²) in [6, 6.07) is 9.01. The van der Waals surface area contributed by atoms with Crippen LogP contribution >= 0.6 is 22.7 Å². The fraction of sp³-hybridized carbons (Fsp3) is 0.125. The van der Waals surface area contributed by atoms with Crippen molar-refractivity contribution < 1.29 is 9.72 Å². The van der Waals surface area contributed by atoms with Crippen LogP contribution < -0.4 is 4.80 Å². The molecule has 2 heterocycles. The Balaban J connectivity index is 1.89. The lowest BCUT2D eigenvalue weighted by atomic mass is 10.2. The number of rotatable bonds is 3. The molecule has 0 aliphatic heterocycles. The molecular formula is C16H13N3O3S2. The van der Waals surface area contributed by atoms with Gasteiger partial charge in [0, 0.05) is 24.1 Å². The monoisotopic (exact) mass is 359 g/mol. The summed E-state index contributed by atoms with van der Waals surface area (Å²) >= 11 is 2.47. The number of carbonyl (C=O) groups is 1. The molecule has 0 fully saturated rings. The first-order chi connectivity index (χ1) is 11.5. The Hall–Kier alpha value is -2.58. The van der Waals surface area contributed by atoms with Crippen LogP contribution in [-0.2, 0) is 11.8 Å². The van der Waals surface area contributed by atoms with E-state index < -0.39 is 10.8 Å². The fourth-order valence-electron chi connectivity index (χ4n) is 2.32. The minimum absolute atomic E-state index is 0.0467. The van der Waals surface area contributed by atoms with Gasteiger partial charge in [0.05, 0.1) is 15.1 Å². The maximum absolute atomic E-state index is 12.1. The second kappa shape index (κ2) is 6.50. The van der Waals surface area contributed by atoms with E-state index in [-0.39, 0.29) is 5.00 Å². The molecule has 6 nitrogen and oxygen atoms in total. The summed E-state index contributed by atoms with van der Waals surface area (Å²) < 4.78 is 2.97. The van der Waals surface area contributed by atoms with Crippen molar-refractivity contribution in [3.8, 4) is 0 Å². The molecule has 2 aromatic heterocycles. The number of para-hydroxylation sites is 1. The first-order valence-electron chi connectivity index (χ1n) is 7.02. The van der Waals surface area contributed by atoms with Crippen LogP contribution in [0.15, 0.2) is 41.4 Å². The van der Waals surface area contributed by atoms with Gasteiger partial charge in [-0.3, -0.25) is 14.9 Å². The van der Waals surface area contributed by atoms with Crippen molar-refractivity contribution in [3.63, 3.8) is 0 Å².